The molecule has 3 aromatic rings. The first kappa shape index (κ1) is 14.7. The van der Waals surface area contributed by atoms with Crippen LogP contribution in [0.1, 0.15) is 22.4 Å². The summed E-state index contributed by atoms with van der Waals surface area (Å²) in [6.07, 6.45) is 5.61. The summed E-state index contributed by atoms with van der Waals surface area (Å²) < 4.78 is 11.0. The Labute approximate surface area is 146 Å². The average Bonchev–Trinajstić information content (AvgIpc) is 3.32. The number of aromatic nitrogens is 2. The molecule has 5 rings (SSSR count). The van der Waals surface area contributed by atoms with E-state index in [1.807, 2.05) is 18.3 Å². The highest BCUT2D eigenvalue weighted by Gasteiger charge is 2.20. The molecule has 0 N–H and O–H groups in total. The highest BCUT2D eigenvalue weighted by atomic mass is 16.5. The fourth-order valence-electron chi connectivity index (χ4n) is 3.61. The Hall–Kier alpha value is -2.66. The molecule has 0 spiro atoms. The van der Waals surface area contributed by atoms with Crippen molar-refractivity contribution in [3.05, 3.63) is 65.2 Å². The largest absolute Gasteiger partial charge is 0.493 e. The molecule has 1 aromatic carbocycles. The van der Waals surface area contributed by atoms with Crippen molar-refractivity contribution < 1.29 is 9.15 Å². The number of rotatable bonds is 3. The number of fused-ring (bicyclic) bond motifs is 2. The van der Waals surface area contributed by atoms with E-state index in [2.05, 4.69) is 28.1 Å². The minimum atomic E-state index is 0.667. The molecule has 0 amide bonds. The van der Waals surface area contributed by atoms with E-state index in [1.165, 1.54) is 16.7 Å². The number of hydrogen-bond acceptors (Lipinski definition) is 5. The molecule has 2 aliphatic heterocycles. The Balaban J connectivity index is 1.36. The van der Waals surface area contributed by atoms with Gasteiger partial charge in [-0.1, -0.05) is 12.1 Å². The lowest BCUT2D eigenvalue weighted by molar-refractivity contribution is 0.241. The van der Waals surface area contributed by atoms with Crippen molar-refractivity contribution in [1.82, 2.24) is 14.9 Å². The van der Waals surface area contributed by atoms with Crippen LogP contribution in [0.3, 0.4) is 0 Å². The van der Waals surface area contributed by atoms with Crippen LogP contribution in [0, 0.1) is 0 Å². The topological polar surface area (TPSA) is 51.4 Å². The van der Waals surface area contributed by atoms with Gasteiger partial charge >= 0.3 is 0 Å². The summed E-state index contributed by atoms with van der Waals surface area (Å²) >= 11 is 0. The fraction of sp³-hybridized carbons (Fsp3) is 0.300. The first-order valence-corrected chi connectivity index (χ1v) is 8.71. The third-order valence-corrected chi connectivity index (χ3v) is 4.93. The van der Waals surface area contributed by atoms with Crippen LogP contribution in [-0.4, -0.2) is 28.0 Å². The van der Waals surface area contributed by atoms with E-state index in [0.29, 0.717) is 5.82 Å². The molecule has 0 fully saturated rings. The molecule has 126 valence electrons. The van der Waals surface area contributed by atoms with Crippen LogP contribution in [-0.2, 0) is 25.9 Å². The number of furan rings is 1. The van der Waals surface area contributed by atoms with Gasteiger partial charge in [-0.3, -0.25) is 4.90 Å². The van der Waals surface area contributed by atoms with Crippen molar-refractivity contribution in [3.8, 4) is 17.3 Å². The summed E-state index contributed by atoms with van der Waals surface area (Å²) in [5.74, 6) is 2.43. The molecule has 0 atom stereocenters. The number of benzene rings is 1. The minimum absolute atomic E-state index is 0.667. The monoisotopic (exact) mass is 333 g/mol. The van der Waals surface area contributed by atoms with Gasteiger partial charge in [0.1, 0.15) is 5.75 Å². The van der Waals surface area contributed by atoms with Crippen LogP contribution >= 0.6 is 0 Å². The molecule has 0 aliphatic carbocycles. The summed E-state index contributed by atoms with van der Waals surface area (Å²) in [6.45, 7) is 3.62. The average molecular weight is 333 g/mol. The van der Waals surface area contributed by atoms with Gasteiger partial charge in [0.25, 0.3) is 0 Å². The van der Waals surface area contributed by atoms with Gasteiger partial charge < -0.3 is 9.15 Å². The van der Waals surface area contributed by atoms with Gasteiger partial charge in [-0.05, 0) is 41.3 Å². The van der Waals surface area contributed by atoms with Crippen LogP contribution in [0.15, 0.2) is 47.2 Å². The summed E-state index contributed by atoms with van der Waals surface area (Å²) in [4.78, 5) is 11.6. The summed E-state index contributed by atoms with van der Waals surface area (Å²) in [5.41, 5.74) is 5.02. The lowest BCUT2D eigenvalue weighted by Crippen LogP contribution is -2.31. The highest BCUT2D eigenvalue weighted by molar-refractivity contribution is 5.47. The maximum atomic E-state index is 5.60. The highest BCUT2D eigenvalue weighted by Crippen LogP contribution is 2.27. The summed E-state index contributed by atoms with van der Waals surface area (Å²) in [6, 6.07) is 10.3. The van der Waals surface area contributed by atoms with Crippen molar-refractivity contribution in [2.24, 2.45) is 0 Å². The third-order valence-electron chi connectivity index (χ3n) is 4.93. The number of hydrogen-bond donors (Lipinski definition) is 0. The van der Waals surface area contributed by atoms with Gasteiger partial charge in [0.15, 0.2) is 11.6 Å². The minimum Gasteiger partial charge on any atom is -0.493 e. The summed E-state index contributed by atoms with van der Waals surface area (Å²) in [5, 5.41) is 0. The second-order valence-corrected chi connectivity index (χ2v) is 6.64. The van der Waals surface area contributed by atoms with E-state index >= 15 is 0 Å². The molecule has 25 heavy (non-hydrogen) atoms. The van der Waals surface area contributed by atoms with Crippen LogP contribution in [0.5, 0.6) is 5.75 Å². The Bertz CT molecular complexity index is 905. The van der Waals surface area contributed by atoms with E-state index in [0.717, 1.165) is 56.3 Å². The van der Waals surface area contributed by atoms with Gasteiger partial charge in [-0.25, -0.2) is 9.97 Å². The molecular weight excluding hydrogens is 314 g/mol. The van der Waals surface area contributed by atoms with Gasteiger partial charge in [0.2, 0.25) is 0 Å². The molecule has 0 saturated carbocycles. The second kappa shape index (κ2) is 6.01. The molecule has 0 bridgehead atoms. The van der Waals surface area contributed by atoms with E-state index in [4.69, 9.17) is 14.1 Å². The maximum Gasteiger partial charge on any atom is 0.195 e. The zero-order valence-corrected chi connectivity index (χ0v) is 13.9. The molecule has 0 unspecified atom stereocenters. The number of nitrogens with zero attached hydrogens (tertiary/aromatic N) is 3. The van der Waals surface area contributed by atoms with Gasteiger partial charge in [-0.2, -0.15) is 0 Å². The van der Waals surface area contributed by atoms with E-state index in [-0.39, 0.29) is 0 Å². The third kappa shape index (κ3) is 2.81. The molecular formula is C20H19N3O2. The Morgan fingerprint density at radius 3 is 3.04 bits per heavy atom. The van der Waals surface area contributed by atoms with E-state index < -0.39 is 0 Å². The first-order chi connectivity index (χ1) is 12.3. The van der Waals surface area contributed by atoms with Crippen molar-refractivity contribution in [1.29, 1.82) is 0 Å². The normalized spacial score (nSPS) is 16.3. The van der Waals surface area contributed by atoms with E-state index in [9.17, 15) is 0 Å². The Kier molecular flexibility index (Phi) is 3.52. The quantitative estimate of drug-likeness (QED) is 0.736. The van der Waals surface area contributed by atoms with Crippen molar-refractivity contribution in [2.45, 2.75) is 25.9 Å². The molecule has 2 aromatic heterocycles. The standard InChI is InChI=1S/C20H19N3O2/c1-2-19(24-8-1)20-21-11-16-5-7-23(13-17(16)22-20)12-14-3-4-18-15(10-14)6-9-25-18/h1-4,8,10-11H,5-7,9,12-13H2. The Morgan fingerprint density at radius 2 is 2.12 bits per heavy atom. The summed E-state index contributed by atoms with van der Waals surface area (Å²) in [7, 11) is 0. The van der Waals surface area contributed by atoms with Crippen molar-refractivity contribution >= 4 is 0 Å². The van der Waals surface area contributed by atoms with Crippen LogP contribution < -0.4 is 4.74 Å². The molecule has 2 aliphatic rings. The number of ether oxygens (including phenoxy) is 1. The second-order valence-electron chi connectivity index (χ2n) is 6.64. The van der Waals surface area contributed by atoms with Crippen LogP contribution in [0.25, 0.3) is 11.6 Å². The van der Waals surface area contributed by atoms with Crippen LogP contribution in [0.4, 0.5) is 0 Å². The SMILES string of the molecule is c1coc(-c2ncc3c(n2)CN(Cc2ccc4c(c2)CCO4)CC3)c1. The van der Waals surface area contributed by atoms with Gasteiger partial charge in [-0.15, -0.1) is 0 Å². The lowest BCUT2D eigenvalue weighted by Gasteiger charge is -2.28. The zero-order valence-electron chi connectivity index (χ0n) is 13.9. The predicted octanol–water partition coefficient (Wildman–Crippen LogP) is 3.23. The van der Waals surface area contributed by atoms with Crippen molar-refractivity contribution in [3.63, 3.8) is 0 Å². The molecule has 0 radical (unpaired) electrons. The maximum absolute atomic E-state index is 5.60. The fourth-order valence-corrected chi connectivity index (χ4v) is 3.61. The first-order valence-electron chi connectivity index (χ1n) is 8.71. The molecule has 5 nitrogen and oxygen atoms in total. The van der Waals surface area contributed by atoms with E-state index in [1.54, 1.807) is 6.26 Å². The Morgan fingerprint density at radius 1 is 1.12 bits per heavy atom. The lowest BCUT2D eigenvalue weighted by atomic mass is 10.0. The van der Waals surface area contributed by atoms with Crippen LogP contribution in [0.2, 0.25) is 0 Å². The zero-order chi connectivity index (χ0) is 16.6. The molecule has 4 heterocycles. The van der Waals surface area contributed by atoms with Gasteiger partial charge in [0, 0.05) is 32.3 Å². The predicted molar refractivity (Wildman–Crippen MR) is 93.2 cm³/mol. The van der Waals surface area contributed by atoms with Crippen molar-refractivity contribution in [2.75, 3.05) is 13.2 Å². The smallest absolute Gasteiger partial charge is 0.195 e. The van der Waals surface area contributed by atoms with Gasteiger partial charge in [0.05, 0.1) is 18.6 Å². The molecule has 0 saturated heterocycles. The molecule has 5 heteroatoms.